The Morgan fingerprint density at radius 1 is 1.41 bits per heavy atom. The zero-order chi connectivity index (χ0) is 22.0. The fraction of sp³-hybridized carbons (Fsp3) is 0.600. The normalized spacial score (nSPS) is 23.5. The summed E-state index contributed by atoms with van der Waals surface area (Å²) in [6, 6.07) is 1.15. The summed E-state index contributed by atoms with van der Waals surface area (Å²) in [6.07, 6.45) is -5.91. The second-order valence-corrected chi connectivity index (χ2v) is 8.50. The molecular weight excluding hydrogens is 463 g/mol. The molecule has 1 aliphatic heterocycles. The standard InChI is InChI=1S/C15H16Cl3F2N3O6/c1-3-8-10(29-13(26)27-6-14(16,17)18)15(19,20)11(28-8)23-5-4-9(21-7(2)24)22-12(23)25/h4-5,8,10-11H,3,6H2,1-2H3,(H,21,22,24,25)/t8-,10-,11-/m1/s1. The van der Waals surface area contributed by atoms with E-state index in [-0.39, 0.29) is 12.2 Å². The molecule has 0 saturated carbocycles. The summed E-state index contributed by atoms with van der Waals surface area (Å²) in [5, 5.41) is 2.26. The molecule has 1 aliphatic rings. The first kappa shape index (κ1) is 23.6. The van der Waals surface area contributed by atoms with E-state index in [0.29, 0.717) is 4.57 Å². The fourth-order valence-electron chi connectivity index (χ4n) is 2.55. The topological polar surface area (TPSA) is 109 Å². The van der Waals surface area contributed by atoms with Gasteiger partial charge in [0.1, 0.15) is 18.5 Å². The summed E-state index contributed by atoms with van der Waals surface area (Å²) in [5.74, 6) is -4.43. The molecule has 9 nitrogen and oxygen atoms in total. The lowest BCUT2D eigenvalue weighted by Gasteiger charge is -2.24. The molecule has 29 heavy (non-hydrogen) atoms. The maximum absolute atomic E-state index is 14.9. The lowest BCUT2D eigenvalue weighted by Crippen LogP contribution is -2.44. The zero-order valence-corrected chi connectivity index (χ0v) is 17.3. The van der Waals surface area contributed by atoms with Gasteiger partial charge in [-0.3, -0.25) is 9.36 Å². The van der Waals surface area contributed by atoms with Crippen LogP contribution in [0, 0.1) is 0 Å². The van der Waals surface area contributed by atoms with Crippen molar-refractivity contribution in [3.63, 3.8) is 0 Å². The van der Waals surface area contributed by atoms with Crippen molar-refractivity contribution < 1.29 is 32.6 Å². The largest absolute Gasteiger partial charge is 0.509 e. The van der Waals surface area contributed by atoms with Crippen LogP contribution < -0.4 is 11.0 Å². The predicted molar refractivity (Wildman–Crippen MR) is 98.5 cm³/mol. The number of aromatic nitrogens is 2. The number of hydrogen-bond donors (Lipinski definition) is 1. The molecule has 1 aromatic rings. The molecule has 1 fully saturated rings. The highest BCUT2D eigenvalue weighted by Crippen LogP contribution is 2.45. The van der Waals surface area contributed by atoms with Crippen molar-refractivity contribution in [2.45, 2.75) is 48.4 Å². The Labute approximate surface area is 178 Å². The third kappa shape index (κ3) is 5.91. The van der Waals surface area contributed by atoms with Gasteiger partial charge in [-0.05, 0) is 12.5 Å². The second-order valence-electron chi connectivity index (χ2n) is 5.99. The molecule has 1 aromatic heterocycles. The van der Waals surface area contributed by atoms with Gasteiger partial charge in [-0.25, -0.2) is 9.59 Å². The fourth-order valence-corrected chi connectivity index (χ4v) is 2.72. The van der Waals surface area contributed by atoms with Crippen LogP contribution in [-0.4, -0.2) is 50.1 Å². The maximum atomic E-state index is 14.9. The van der Waals surface area contributed by atoms with E-state index in [0.717, 1.165) is 12.3 Å². The maximum Gasteiger partial charge on any atom is 0.509 e. The summed E-state index contributed by atoms with van der Waals surface area (Å²) in [5.41, 5.74) is -1.10. The SMILES string of the molecule is CC[C@H]1O[C@@H](n2ccc(NC(C)=O)nc2=O)C(F)(F)[C@@H]1OC(=O)OCC(Cl)(Cl)Cl. The van der Waals surface area contributed by atoms with Crippen LogP contribution in [0.1, 0.15) is 26.5 Å². The molecule has 1 saturated heterocycles. The van der Waals surface area contributed by atoms with Gasteiger partial charge in [-0.2, -0.15) is 13.8 Å². The van der Waals surface area contributed by atoms with Crippen LogP contribution in [0.2, 0.25) is 0 Å². The number of carbonyl (C=O) groups excluding carboxylic acids is 2. The Bertz CT molecular complexity index is 832. The molecule has 2 rings (SSSR count). The van der Waals surface area contributed by atoms with E-state index >= 15 is 0 Å². The molecule has 0 radical (unpaired) electrons. The molecule has 0 unspecified atom stereocenters. The van der Waals surface area contributed by atoms with E-state index in [9.17, 15) is 23.2 Å². The zero-order valence-electron chi connectivity index (χ0n) is 15.0. The number of alkyl halides is 5. The van der Waals surface area contributed by atoms with Crippen molar-refractivity contribution in [1.82, 2.24) is 9.55 Å². The van der Waals surface area contributed by atoms with Crippen molar-refractivity contribution in [3.05, 3.63) is 22.7 Å². The van der Waals surface area contributed by atoms with Crippen LogP contribution in [0.5, 0.6) is 0 Å². The predicted octanol–water partition coefficient (Wildman–Crippen LogP) is 3.04. The summed E-state index contributed by atoms with van der Waals surface area (Å²) in [4.78, 5) is 38.4. The summed E-state index contributed by atoms with van der Waals surface area (Å²) in [7, 11) is 0. The van der Waals surface area contributed by atoms with Crippen molar-refractivity contribution in [2.75, 3.05) is 11.9 Å². The number of ether oxygens (including phenoxy) is 3. The van der Waals surface area contributed by atoms with Crippen molar-refractivity contribution in [1.29, 1.82) is 0 Å². The van der Waals surface area contributed by atoms with Gasteiger partial charge in [0.25, 0.3) is 0 Å². The van der Waals surface area contributed by atoms with Gasteiger partial charge >= 0.3 is 17.8 Å². The van der Waals surface area contributed by atoms with Crippen LogP contribution in [-0.2, 0) is 19.0 Å². The molecule has 0 spiro atoms. The van der Waals surface area contributed by atoms with Crippen LogP contribution in [0.3, 0.4) is 0 Å². The molecule has 1 N–H and O–H groups in total. The minimum atomic E-state index is -3.82. The second kappa shape index (κ2) is 8.99. The monoisotopic (exact) mass is 477 g/mol. The Morgan fingerprint density at radius 2 is 2.07 bits per heavy atom. The Morgan fingerprint density at radius 3 is 2.59 bits per heavy atom. The first-order valence-corrected chi connectivity index (χ1v) is 9.28. The van der Waals surface area contributed by atoms with Crippen LogP contribution in [0.4, 0.5) is 19.4 Å². The number of anilines is 1. The van der Waals surface area contributed by atoms with E-state index in [2.05, 4.69) is 19.8 Å². The number of nitrogens with one attached hydrogen (secondary N) is 1. The Kier molecular flexibility index (Phi) is 7.31. The lowest BCUT2D eigenvalue weighted by molar-refractivity contribution is -0.146. The van der Waals surface area contributed by atoms with E-state index < -0.39 is 52.5 Å². The summed E-state index contributed by atoms with van der Waals surface area (Å²) in [6.45, 7) is 1.99. The Hall–Kier alpha value is -1.69. The van der Waals surface area contributed by atoms with Gasteiger partial charge in [-0.15, -0.1) is 0 Å². The van der Waals surface area contributed by atoms with Gasteiger partial charge in [0.05, 0.1) is 0 Å². The van der Waals surface area contributed by atoms with Crippen molar-refractivity contribution >= 4 is 52.7 Å². The van der Waals surface area contributed by atoms with Gasteiger partial charge in [0.15, 0.2) is 6.10 Å². The molecule has 0 aliphatic carbocycles. The van der Waals surface area contributed by atoms with Crippen LogP contribution in [0.25, 0.3) is 0 Å². The number of amides is 1. The molecule has 14 heteroatoms. The molecule has 1 amide bonds. The van der Waals surface area contributed by atoms with Gasteiger partial charge in [0, 0.05) is 13.1 Å². The minimum Gasteiger partial charge on any atom is -0.430 e. The minimum absolute atomic E-state index is 0.0284. The van der Waals surface area contributed by atoms with E-state index in [1.165, 1.54) is 13.8 Å². The average molecular weight is 479 g/mol. The highest BCUT2D eigenvalue weighted by molar-refractivity contribution is 6.67. The smallest absolute Gasteiger partial charge is 0.430 e. The van der Waals surface area contributed by atoms with Gasteiger partial charge < -0.3 is 19.5 Å². The number of hydrogen-bond acceptors (Lipinski definition) is 7. The molecule has 0 aromatic carbocycles. The quantitative estimate of drug-likeness (QED) is 0.512. The third-order valence-electron chi connectivity index (χ3n) is 3.72. The van der Waals surface area contributed by atoms with Gasteiger partial charge in [-0.1, -0.05) is 41.7 Å². The number of halogens is 5. The molecular formula is C15H16Cl3F2N3O6. The number of nitrogens with zero attached hydrogens (tertiary/aromatic N) is 2. The molecule has 2 heterocycles. The average Bonchev–Trinajstić information content (AvgIpc) is 2.83. The summed E-state index contributed by atoms with van der Waals surface area (Å²) < 4.78 is 42.9. The number of rotatable bonds is 5. The summed E-state index contributed by atoms with van der Waals surface area (Å²) >= 11 is 16.3. The number of carbonyl (C=O) groups is 2. The van der Waals surface area contributed by atoms with Crippen molar-refractivity contribution in [2.24, 2.45) is 0 Å². The lowest BCUT2D eigenvalue weighted by atomic mass is 10.1. The Balaban J connectivity index is 2.22. The first-order valence-electron chi connectivity index (χ1n) is 8.15. The molecule has 162 valence electrons. The highest BCUT2D eigenvalue weighted by Gasteiger charge is 2.62. The van der Waals surface area contributed by atoms with E-state index in [1.54, 1.807) is 0 Å². The third-order valence-corrected chi connectivity index (χ3v) is 4.04. The van der Waals surface area contributed by atoms with E-state index in [1.807, 2.05) is 0 Å². The molecule has 0 bridgehead atoms. The van der Waals surface area contributed by atoms with Crippen LogP contribution >= 0.6 is 34.8 Å². The van der Waals surface area contributed by atoms with Crippen molar-refractivity contribution in [3.8, 4) is 0 Å². The molecule has 3 atom stereocenters. The first-order chi connectivity index (χ1) is 13.3. The van der Waals surface area contributed by atoms with E-state index in [4.69, 9.17) is 39.5 Å². The van der Waals surface area contributed by atoms with Gasteiger partial charge in [0.2, 0.25) is 15.9 Å². The van der Waals surface area contributed by atoms with Crippen LogP contribution in [0.15, 0.2) is 17.1 Å². The highest BCUT2D eigenvalue weighted by atomic mass is 35.6.